The lowest BCUT2D eigenvalue weighted by Gasteiger charge is -2.26. The van der Waals surface area contributed by atoms with Crippen molar-refractivity contribution in [2.24, 2.45) is 5.92 Å². The number of rotatable bonds is 7. The lowest BCUT2D eigenvalue weighted by Crippen LogP contribution is -2.39. The third kappa shape index (κ3) is 5.43. The van der Waals surface area contributed by atoms with E-state index in [0.717, 1.165) is 30.7 Å². The van der Waals surface area contributed by atoms with E-state index in [9.17, 15) is 0 Å². The molecule has 0 radical (unpaired) electrons. The van der Waals surface area contributed by atoms with Crippen LogP contribution < -0.4 is 5.32 Å². The molecule has 1 aromatic carbocycles. The largest absolute Gasteiger partial charge is 0.380 e. The van der Waals surface area contributed by atoms with Crippen molar-refractivity contribution in [3.05, 3.63) is 34.9 Å². The first kappa shape index (κ1) is 15.8. The Kier molecular flexibility index (Phi) is 5.48. The van der Waals surface area contributed by atoms with Crippen LogP contribution in [0.15, 0.2) is 24.3 Å². The Labute approximate surface area is 127 Å². The topological polar surface area (TPSA) is 21.3 Å². The molecule has 1 aliphatic carbocycles. The zero-order valence-corrected chi connectivity index (χ0v) is 13.5. The van der Waals surface area contributed by atoms with Gasteiger partial charge < -0.3 is 10.1 Å². The molecule has 20 heavy (non-hydrogen) atoms. The Morgan fingerprint density at radius 3 is 2.60 bits per heavy atom. The third-order valence-corrected chi connectivity index (χ3v) is 3.94. The Hall–Kier alpha value is -0.570. The van der Waals surface area contributed by atoms with Crippen LogP contribution in [0, 0.1) is 5.92 Å². The maximum Gasteiger partial charge on any atom is 0.0547 e. The zero-order valence-electron chi connectivity index (χ0n) is 12.8. The SMILES string of the molecule is CC(C)(C)NCC(COCC1CC1)c1ccccc1Cl. The van der Waals surface area contributed by atoms with Gasteiger partial charge in [-0.2, -0.15) is 0 Å². The summed E-state index contributed by atoms with van der Waals surface area (Å²) >= 11 is 6.34. The van der Waals surface area contributed by atoms with Crippen molar-refractivity contribution in [2.75, 3.05) is 19.8 Å². The Morgan fingerprint density at radius 2 is 2.00 bits per heavy atom. The summed E-state index contributed by atoms with van der Waals surface area (Å²) in [6, 6.07) is 8.09. The maximum absolute atomic E-state index is 6.34. The van der Waals surface area contributed by atoms with E-state index in [1.165, 1.54) is 18.4 Å². The number of hydrogen-bond donors (Lipinski definition) is 1. The molecule has 0 aromatic heterocycles. The van der Waals surface area contributed by atoms with Gasteiger partial charge in [0.2, 0.25) is 0 Å². The highest BCUT2D eigenvalue weighted by Crippen LogP contribution is 2.30. The Balaban J connectivity index is 1.96. The second-order valence-corrected chi connectivity index (χ2v) is 7.24. The van der Waals surface area contributed by atoms with Gasteiger partial charge in [0.25, 0.3) is 0 Å². The highest BCUT2D eigenvalue weighted by Gasteiger charge is 2.23. The summed E-state index contributed by atoms with van der Waals surface area (Å²) < 4.78 is 5.90. The minimum Gasteiger partial charge on any atom is -0.380 e. The van der Waals surface area contributed by atoms with Crippen LogP contribution in [0.4, 0.5) is 0 Å². The molecule has 0 bridgehead atoms. The summed E-state index contributed by atoms with van der Waals surface area (Å²) in [5.74, 6) is 1.11. The van der Waals surface area contributed by atoms with E-state index in [4.69, 9.17) is 16.3 Å². The van der Waals surface area contributed by atoms with Crippen LogP contribution in [0.3, 0.4) is 0 Å². The van der Waals surface area contributed by atoms with Gasteiger partial charge in [0, 0.05) is 29.6 Å². The molecule has 0 amide bonds. The highest BCUT2D eigenvalue weighted by atomic mass is 35.5. The summed E-state index contributed by atoms with van der Waals surface area (Å²) in [5.41, 5.74) is 1.29. The lowest BCUT2D eigenvalue weighted by molar-refractivity contribution is 0.108. The van der Waals surface area contributed by atoms with E-state index in [1.54, 1.807) is 0 Å². The quantitative estimate of drug-likeness (QED) is 0.812. The van der Waals surface area contributed by atoms with Crippen LogP contribution in [-0.2, 0) is 4.74 Å². The van der Waals surface area contributed by atoms with Crippen LogP contribution in [0.1, 0.15) is 45.1 Å². The van der Waals surface area contributed by atoms with Crippen LogP contribution in [0.2, 0.25) is 5.02 Å². The normalized spacial score (nSPS) is 17.2. The second kappa shape index (κ2) is 6.93. The number of hydrogen-bond acceptors (Lipinski definition) is 2. The van der Waals surface area contributed by atoms with Gasteiger partial charge in [-0.05, 0) is 51.2 Å². The molecule has 2 nitrogen and oxygen atoms in total. The molecule has 1 fully saturated rings. The molecule has 1 unspecified atom stereocenters. The molecular weight excluding hydrogens is 270 g/mol. The van der Waals surface area contributed by atoms with Gasteiger partial charge in [0.05, 0.1) is 6.61 Å². The minimum atomic E-state index is 0.107. The first-order valence-corrected chi connectivity index (χ1v) is 7.91. The smallest absolute Gasteiger partial charge is 0.0547 e. The van der Waals surface area contributed by atoms with Crippen molar-refractivity contribution in [2.45, 2.75) is 45.1 Å². The fourth-order valence-electron chi connectivity index (χ4n) is 2.16. The molecule has 0 aliphatic heterocycles. The van der Waals surface area contributed by atoms with Crippen molar-refractivity contribution < 1.29 is 4.74 Å². The first-order chi connectivity index (χ1) is 9.46. The molecule has 1 aliphatic rings. The second-order valence-electron chi connectivity index (χ2n) is 6.83. The van der Waals surface area contributed by atoms with Crippen molar-refractivity contribution in [3.63, 3.8) is 0 Å². The molecule has 1 aromatic rings. The summed E-state index contributed by atoms with van der Waals surface area (Å²) in [4.78, 5) is 0. The van der Waals surface area contributed by atoms with E-state index in [1.807, 2.05) is 18.2 Å². The van der Waals surface area contributed by atoms with Gasteiger partial charge in [-0.3, -0.25) is 0 Å². The van der Waals surface area contributed by atoms with Gasteiger partial charge in [-0.25, -0.2) is 0 Å². The molecule has 1 atom stereocenters. The molecule has 3 heteroatoms. The summed E-state index contributed by atoms with van der Waals surface area (Å²) in [6.07, 6.45) is 2.66. The predicted molar refractivity (Wildman–Crippen MR) is 85.5 cm³/mol. The van der Waals surface area contributed by atoms with E-state index >= 15 is 0 Å². The van der Waals surface area contributed by atoms with Crippen LogP contribution in [-0.4, -0.2) is 25.3 Å². The molecule has 2 rings (SSSR count). The number of halogens is 1. The van der Waals surface area contributed by atoms with Gasteiger partial charge in [0.15, 0.2) is 0 Å². The lowest BCUT2D eigenvalue weighted by atomic mass is 9.98. The molecule has 112 valence electrons. The zero-order chi connectivity index (χ0) is 14.6. The fourth-order valence-corrected chi connectivity index (χ4v) is 2.45. The van der Waals surface area contributed by atoms with Gasteiger partial charge in [-0.15, -0.1) is 0 Å². The van der Waals surface area contributed by atoms with Crippen LogP contribution in [0.25, 0.3) is 0 Å². The molecule has 1 saturated carbocycles. The molecule has 0 heterocycles. The molecule has 1 N–H and O–H groups in total. The molecule has 0 spiro atoms. The number of benzene rings is 1. The number of ether oxygens (including phenoxy) is 1. The van der Waals surface area contributed by atoms with Crippen molar-refractivity contribution >= 4 is 11.6 Å². The summed E-state index contributed by atoms with van der Waals surface area (Å²) in [6.45, 7) is 9.07. The summed E-state index contributed by atoms with van der Waals surface area (Å²) in [7, 11) is 0. The maximum atomic E-state index is 6.34. The summed E-state index contributed by atoms with van der Waals surface area (Å²) in [5, 5.41) is 4.40. The van der Waals surface area contributed by atoms with Crippen LogP contribution in [0.5, 0.6) is 0 Å². The van der Waals surface area contributed by atoms with E-state index < -0.39 is 0 Å². The Bertz CT molecular complexity index is 423. The number of nitrogens with one attached hydrogen (secondary N) is 1. The predicted octanol–water partition coefficient (Wildman–Crippen LogP) is 4.24. The van der Waals surface area contributed by atoms with Gasteiger partial charge in [-0.1, -0.05) is 29.8 Å². The Morgan fingerprint density at radius 1 is 1.30 bits per heavy atom. The van der Waals surface area contributed by atoms with E-state index in [0.29, 0.717) is 5.92 Å². The average Bonchev–Trinajstić information content (AvgIpc) is 3.17. The van der Waals surface area contributed by atoms with Crippen molar-refractivity contribution in [3.8, 4) is 0 Å². The fraction of sp³-hybridized carbons (Fsp3) is 0.647. The standard InChI is InChI=1S/C17H26ClNO/c1-17(2,3)19-10-14(12-20-11-13-8-9-13)15-6-4-5-7-16(15)18/h4-7,13-14,19H,8-12H2,1-3H3. The van der Waals surface area contributed by atoms with Crippen molar-refractivity contribution in [1.29, 1.82) is 0 Å². The van der Waals surface area contributed by atoms with Gasteiger partial charge in [0.1, 0.15) is 0 Å². The van der Waals surface area contributed by atoms with Gasteiger partial charge >= 0.3 is 0 Å². The van der Waals surface area contributed by atoms with E-state index in [2.05, 4.69) is 32.2 Å². The third-order valence-electron chi connectivity index (χ3n) is 3.59. The average molecular weight is 296 g/mol. The monoisotopic (exact) mass is 295 g/mol. The minimum absolute atomic E-state index is 0.107. The van der Waals surface area contributed by atoms with Crippen LogP contribution >= 0.6 is 11.6 Å². The molecule has 0 saturated heterocycles. The van der Waals surface area contributed by atoms with Crippen molar-refractivity contribution in [1.82, 2.24) is 5.32 Å². The first-order valence-electron chi connectivity index (χ1n) is 7.53. The molecular formula is C17H26ClNO. The van der Waals surface area contributed by atoms with E-state index in [-0.39, 0.29) is 5.54 Å². The highest BCUT2D eigenvalue weighted by molar-refractivity contribution is 6.31.